The van der Waals surface area contributed by atoms with Gasteiger partial charge < -0.3 is 19.9 Å². The third-order valence-corrected chi connectivity index (χ3v) is 5.19. The van der Waals surface area contributed by atoms with E-state index in [-0.39, 0.29) is 11.9 Å². The van der Waals surface area contributed by atoms with Crippen LogP contribution in [0.25, 0.3) is 11.0 Å². The molecule has 27 heavy (non-hydrogen) atoms. The smallest absolute Gasteiger partial charge is 0.268 e. The number of ether oxygens (including phenoxy) is 1. The SMILES string of the molecule is CNNc1nc(N2CCOCC2)c2[nH]c(C(=O)NC3CCCCC3)cc2n1. The predicted octanol–water partition coefficient (Wildman–Crippen LogP) is 1.40. The van der Waals surface area contributed by atoms with Crippen LogP contribution in [0.2, 0.25) is 0 Å². The lowest BCUT2D eigenvalue weighted by Gasteiger charge is -2.28. The minimum atomic E-state index is -0.0732. The van der Waals surface area contributed by atoms with Crippen molar-refractivity contribution in [3.8, 4) is 0 Å². The van der Waals surface area contributed by atoms with Crippen molar-refractivity contribution in [2.75, 3.05) is 43.7 Å². The van der Waals surface area contributed by atoms with Gasteiger partial charge in [-0.05, 0) is 18.9 Å². The van der Waals surface area contributed by atoms with Gasteiger partial charge in [0, 0.05) is 26.2 Å². The summed E-state index contributed by atoms with van der Waals surface area (Å²) in [6.07, 6.45) is 5.74. The molecule has 0 radical (unpaired) electrons. The molecule has 2 aromatic rings. The molecule has 0 unspecified atom stereocenters. The highest BCUT2D eigenvalue weighted by molar-refractivity contribution is 5.99. The normalized spacial score (nSPS) is 18.6. The minimum Gasteiger partial charge on any atom is -0.378 e. The first-order valence-electron chi connectivity index (χ1n) is 9.71. The molecule has 1 amide bonds. The van der Waals surface area contributed by atoms with E-state index in [0.29, 0.717) is 24.9 Å². The third kappa shape index (κ3) is 3.98. The Morgan fingerprint density at radius 2 is 2.00 bits per heavy atom. The first kappa shape index (κ1) is 18.0. The molecule has 9 heteroatoms. The van der Waals surface area contributed by atoms with Gasteiger partial charge in [-0.15, -0.1) is 0 Å². The Hall–Kier alpha value is -2.39. The maximum absolute atomic E-state index is 12.7. The number of hydrazine groups is 1. The van der Waals surface area contributed by atoms with E-state index in [1.807, 2.05) is 0 Å². The summed E-state index contributed by atoms with van der Waals surface area (Å²) in [5.74, 6) is 1.19. The Morgan fingerprint density at radius 3 is 2.74 bits per heavy atom. The van der Waals surface area contributed by atoms with Crippen LogP contribution in [0.15, 0.2) is 6.07 Å². The molecule has 3 heterocycles. The molecule has 4 rings (SSSR count). The summed E-state index contributed by atoms with van der Waals surface area (Å²) in [6, 6.07) is 2.07. The first-order chi connectivity index (χ1) is 13.2. The molecular formula is C18H27N7O2. The first-order valence-corrected chi connectivity index (χ1v) is 9.71. The molecule has 2 aliphatic rings. The van der Waals surface area contributed by atoms with Gasteiger partial charge >= 0.3 is 0 Å². The Bertz CT molecular complexity index is 794. The van der Waals surface area contributed by atoms with Crippen LogP contribution in [-0.2, 0) is 4.74 Å². The van der Waals surface area contributed by atoms with E-state index in [4.69, 9.17) is 4.74 Å². The number of hydrogen-bond donors (Lipinski definition) is 4. The molecule has 2 fully saturated rings. The number of carbonyl (C=O) groups is 1. The number of morpholine rings is 1. The number of fused-ring (bicyclic) bond motifs is 1. The van der Waals surface area contributed by atoms with E-state index in [1.165, 1.54) is 19.3 Å². The molecule has 146 valence electrons. The number of rotatable bonds is 5. The van der Waals surface area contributed by atoms with E-state index >= 15 is 0 Å². The third-order valence-electron chi connectivity index (χ3n) is 5.19. The second kappa shape index (κ2) is 8.10. The Labute approximate surface area is 158 Å². The van der Waals surface area contributed by atoms with Crippen LogP contribution in [0, 0.1) is 0 Å². The van der Waals surface area contributed by atoms with Crippen LogP contribution in [0.4, 0.5) is 11.8 Å². The quantitative estimate of drug-likeness (QED) is 0.587. The summed E-state index contributed by atoms with van der Waals surface area (Å²) < 4.78 is 5.45. The van der Waals surface area contributed by atoms with Crippen molar-refractivity contribution in [3.63, 3.8) is 0 Å². The zero-order valence-electron chi connectivity index (χ0n) is 15.7. The Balaban J connectivity index is 1.63. The summed E-state index contributed by atoms with van der Waals surface area (Å²) in [7, 11) is 1.77. The van der Waals surface area contributed by atoms with Crippen molar-refractivity contribution in [2.24, 2.45) is 0 Å². The lowest BCUT2D eigenvalue weighted by atomic mass is 9.95. The van der Waals surface area contributed by atoms with Gasteiger partial charge in [0.1, 0.15) is 11.2 Å². The van der Waals surface area contributed by atoms with Crippen molar-refractivity contribution in [1.29, 1.82) is 0 Å². The van der Waals surface area contributed by atoms with Crippen molar-refractivity contribution in [1.82, 2.24) is 25.7 Å². The van der Waals surface area contributed by atoms with Crippen LogP contribution in [0.3, 0.4) is 0 Å². The number of hydrogen-bond acceptors (Lipinski definition) is 7. The zero-order valence-corrected chi connectivity index (χ0v) is 15.7. The van der Waals surface area contributed by atoms with E-state index in [0.717, 1.165) is 42.8 Å². The lowest BCUT2D eigenvalue weighted by Crippen LogP contribution is -2.37. The highest BCUT2D eigenvalue weighted by atomic mass is 16.5. The summed E-state index contributed by atoms with van der Waals surface area (Å²) >= 11 is 0. The van der Waals surface area contributed by atoms with Crippen LogP contribution in [0.5, 0.6) is 0 Å². The summed E-state index contributed by atoms with van der Waals surface area (Å²) in [5.41, 5.74) is 7.83. The molecule has 1 saturated carbocycles. The lowest BCUT2D eigenvalue weighted by molar-refractivity contribution is 0.0923. The Kier molecular flexibility index (Phi) is 5.40. The molecule has 9 nitrogen and oxygen atoms in total. The molecule has 1 aliphatic heterocycles. The number of aromatic amines is 1. The number of H-pyrrole nitrogens is 1. The van der Waals surface area contributed by atoms with Crippen LogP contribution in [0.1, 0.15) is 42.6 Å². The van der Waals surface area contributed by atoms with Crippen molar-refractivity contribution < 1.29 is 9.53 Å². The second-order valence-electron chi connectivity index (χ2n) is 7.10. The van der Waals surface area contributed by atoms with Gasteiger partial charge in [-0.3, -0.25) is 10.2 Å². The molecular weight excluding hydrogens is 346 g/mol. The monoisotopic (exact) mass is 373 g/mol. The molecule has 1 saturated heterocycles. The minimum absolute atomic E-state index is 0.0732. The fourth-order valence-corrected chi connectivity index (χ4v) is 3.80. The van der Waals surface area contributed by atoms with E-state index in [2.05, 4.69) is 36.0 Å². The van der Waals surface area contributed by atoms with Gasteiger partial charge in [-0.2, -0.15) is 4.98 Å². The number of nitrogens with zero attached hydrogens (tertiary/aromatic N) is 3. The fraction of sp³-hybridized carbons (Fsp3) is 0.611. The number of amides is 1. The van der Waals surface area contributed by atoms with Crippen LogP contribution >= 0.6 is 0 Å². The van der Waals surface area contributed by atoms with Gasteiger partial charge in [0.05, 0.1) is 18.7 Å². The largest absolute Gasteiger partial charge is 0.378 e. The maximum atomic E-state index is 12.7. The number of carbonyl (C=O) groups excluding carboxylic acids is 1. The van der Waals surface area contributed by atoms with Crippen molar-refractivity contribution >= 4 is 28.7 Å². The zero-order chi connectivity index (χ0) is 18.6. The Morgan fingerprint density at radius 1 is 1.22 bits per heavy atom. The topological polar surface area (TPSA) is 107 Å². The number of aromatic nitrogens is 3. The van der Waals surface area contributed by atoms with Gasteiger partial charge in [0.2, 0.25) is 5.95 Å². The van der Waals surface area contributed by atoms with E-state index < -0.39 is 0 Å². The average molecular weight is 373 g/mol. The van der Waals surface area contributed by atoms with Crippen molar-refractivity contribution in [2.45, 2.75) is 38.1 Å². The molecule has 4 N–H and O–H groups in total. The van der Waals surface area contributed by atoms with Gasteiger partial charge in [0.15, 0.2) is 5.82 Å². The molecule has 1 aliphatic carbocycles. The maximum Gasteiger partial charge on any atom is 0.268 e. The molecule has 0 bridgehead atoms. The number of anilines is 2. The number of nitrogens with one attached hydrogen (secondary N) is 4. The van der Waals surface area contributed by atoms with Gasteiger partial charge in [-0.25, -0.2) is 10.4 Å². The van der Waals surface area contributed by atoms with E-state index in [9.17, 15) is 4.79 Å². The summed E-state index contributed by atoms with van der Waals surface area (Å²) in [6.45, 7) is 2.84. The van der Waals surface area contributed by atoms with Gasteiger partial charge in [-0.1, -0.05) is 19.3 Å². The molecule has 0 atom stereocenters. The summed E-state index contributed by atoms with van der Waals surface area (Å²) in [4.78, 5) is 27.3. The fourth-order valence-electron chi connectivity index (χ4n) is 3.80. The molecule has 0 spiro atoms. The van der Waals surface area contributed by atoms with Gasteiger partial charge in [0.25, 0.3) is 5.91 Å². The molecule has 0 aromatic carbocycles. The highest BCUT2D eigenvalue weighted by Gasteiger charge is 2.22. The summed E-state index contributed by atoms with van der Waals surface area (Å²) in [5, 5.41) is 3.15. The predicted molar refractivity (Wildman–Crippen MR) is 104 cm³/mol. The van der Waals surface area contributed by atoms with Crippen LogP contribution < -0.4 is 21.1 Å². The average Bonchev–Trinajstić information content (AvgIpc) is 3.13. The standard InChI is InChI=1S/C18H27N7O2/c1-19-24-18-22-13-11-14(17(26)20-12-5-3-2-4-6-12)21-15(13)16(23-18)25-7-9-27-10-8-25/h11-12,19,21H,2-10H2,1H3,(H,20,26)(H,22,23,24). The van der Waals surface area contributed by atoms with Crippen LogP contribution in [-0.4, -0.2) is 60.3 Å². The van der Waals surface area contributed by atoms with Crippen molar-refractivity contribution in [3.05, 3.63) is 11.8 Å². The molecule has 2 aromatic heterocycles. The van der Waals surface area contributed by atoms with E-state index in [1.54, 1.807) is 13.1 Å². The highest BCUT2D eigenvalue weighted by Crippen LogP contribution is 2.26. The second-order valence-corrected chi connectivity index (χ2v) is 7.10.